The maximum Gasteiger partial charge on any atom is 0.488 e. The minimum atomic E-state index is -5.30. The van der Waals surface area contributed by atoms with Crippen LogP contribution in [0.3, 0.4) is 0 Å². The molecule has 1 saturated heterocycles. The summed E-state index contributed by atoms with van der Waals surface area (Å²) in [7, 11) is -5.30. The molecule has 1 aliphatic heterocycles. The first-order chi connectivity index (χ1) is 18.6. The summed E-state index contributed by atoms with van der Waals surface area (Å²) in [6.45, 7) is 3.09. The molecule has 1 fully saturated rings. The molecule has 3 aromatic carbocycles. The van der Waals surface area contributed by atoms with E-state index in [1.165, 1.54) is 13.0 Å². The van der Waals surface area contributed by atoms with Gasteiger partial charge in [-0.15, -0.1) is 0 Å². The fraction of sp³-hybridized carbons (Fsp3) is 0.286. The molecule has 0 bridgehead atoms. The molecule has 11 heteroatoms. The van der Waals surface area contributed by atoms with E-state index >= 15 is 0 Å². The Hall–Kier alpha value is -4.12. The molecule has 0 aromatic heterocycles. The number of halogens is 1. The number of anilines is 1. The maximum atomic E-state index is 13.3. The Morgan fingerprint density at radius 1 is 0.974 bits per heavy atom. The molecule has 39 heavy (non-hydrogen) atoms. The van der Waals surface area contributed by atoms with Gasteiger partial charge in [0.25, 0.3) is 0 Å². The van der Waals surface area contributed by atoms with Crippen molar-refractivity contribution in [2.45, 2.75) is 19.3 Å². The molecule has 5 rings (SSSR count). The van der Waals surface area contributed by atoms with E-state index in [9.17, 15) is 27.0 Å². The Morgan fingerprint density at radius 3 is 2.13 bits per heavy atom. The number of hydrogen-bond donors (Lipinski definition) is 1. The number of fused-ring (bicyclic) bond motifs is 3. The van der Waals surface area contributed by atoms with Crippen molar-refractivity contribution in [3.8, 4) is 16.9 Å². The van der Waals surface area contributed by atoms with Crippen LogP contribution in [-0.4, -0.2) is 63.3 Å². The van der Waals surface area contributed by atoms with Gasteiger partial charge in [0.1, 0.15) is 6.61 Å². The summed E-state index contributed by atoms with van der Waals surface area (Å²) in [6, 6.07) is 19.2. The molecule has 204 valence electrons. The second-order valence-corrected chi connectivity index (χ2v) is 10.5. The average molecular weight is 555 g/mol. The van der Waals surface area contributed by atoms with Gasteiger partial charge in [-0.05, 0) is 46.4 Å². The van der Waals surface area contributed by atoms with E-state index in [4.69, 9.17) is 4.74 Å². The van der Waals surface area contributed by atoms with E-state index < -0.39 is 22.6 Å². The van der Waals surface area contributed by atoms with Crippen molar-refractivity contribution in [1.82, 2.24) is 4.90 Å². The van der Waals surface area contributed by atoms with Gasteiger partial charge in [-0.25, -0.2) is 4.79 Å². The van der Waals surface area contributed by atoms with Crippen LogP contribution < -0.4 is 9.08 Å². The normalized spacial score (nSPS) is 15.0. The summed E-state index contributed by atoms with van der Waals surface area (Å²) in [5.41, 5.74) is 5.54. The number of hydrogen-bond acceptors (Lipinski definition) is 7. The molecule has 0 radical (unpaired) electrons. The van der Waals surface area contributed by atoms with Crippen molar-refractivity contribution >= 4 is 28.3 Å². The van der Waals surface area contributed by atoms with E-state index in [0.29, 0.717) is 37.4 Å². The number of carbonyl (C=O) groups is 2. The van der Waals surface area contributed by atoms with Crippen LogP contribution in [0.2, 0.25) is 0 Å². The smallest absolute Gasteiger partial charge is 0.481 e. The van der Waals surface area contributed by atoms with Crippen LogP contribution in [0.15, 0.2) is 60.7 Å². The van der Waals surface area contributed by atoms with E-state index in [2.05, 4.69) is 28.4 Å². The fourth-order valence-corrected chi connectivity index (χ4v) is 5.67. The second kappa shape index (κ2) is 10.6. The maximum absolute atomic E-state index is 13.3. The van der Waals surface area contributed by atoms with Crippen molar-refractivity contribution < 1.29 is 35.9 Å². The molecule has 2 aliphatic rings. The zero-order valence-corrected chi connectivity index (χ0v) is 22.0. The van der Waals surface area contributed by atoms with E-state index in [1.54, 1.807) is 11.0 Å². The van der Waals surface area contributed by atoms with Crippen LogP contribution in [0.1, 0.15) is 28.2 Å². The first kappa shape index (κ1) is 26.5. The second-order valence-electron chi connectivity index (χ2n) is 9.55. The third-order valence-corrected chi connectivity index (χ3v) is 7.60. The molecule has 1 amide bonds. The molecule has 0 atom stereocenters. The number of amides is 1. The Morgan fingerprint density at radius 2 is 1.56 bits per heavy atom. The van der Waals surface area contributed by atoms with Gasteiger partial charge in [-0.1, -0.05) is 52.4 Å². The van der Waals surface area contributed by atoms with Crippen molar-refractivity contribution in [2.75, 3.05) is 37.7 Å². The number of carboxylic acid groups (broad SMARTS) is 1. The van der Waals surface area contributed by atoms with Crippen LogP contribution >= 0.6 is 0 Å². The number of carboxylic acids is 1. The Kier molecular flexibility index (Phi) is 7.17. The van der Waals surface area contributed by atoms with E-state index in [0.717, 1.165) is 22.3 Å². The minimum absolute atomic E-state index is 0.0481. The van der Waals surface area contributed by atoms with Crippen LogP contribution in [0.25, 0.3) is 11.1 Å². The third kappa shape index (κ3) is 5.68. The van der Waals surface area contributed by atoms with Gasteiger partial charge in [-0.2, -0.15) is 8.42 Å². The van der Waals surface area contributed by atoms with E-state index in [1.807, 2.05) is 29.2 Å². The van der Waals surface area contributed by atoms with Gasteiger partial charge in [0.15, 0.2) is 5.75 Å². The summed E-state index contributed by atoms with van der Waals surface area (Å²) >= 11 is 0. The quantitative estimate of drug-likeness (QED) is 0.431. The summed E-state index contributed by atoms with van der Waals surface area (Å²) in [4.78, 5) is 27.7. The molecule has 0 saturated carbocycles. The van der Waals surface area contributed by atoms with Crippen molar-refractivity contribution in [1.29, 1.82) is 0 Å². The van der Waals surface area contributed by atoms with Gasteiger partial charge >= 0.3 is 22.6 Å². The summed E-state index contributed by atoms with van der Waals surface area (Å²) in [5.74, 6) is -1.44. The molecule has 9 nitrogen and oxygen atoms in total. The van der Waals surface area contributed by atoms with Crippen LogP contribution in [-0.2, 0) is 26.5 Å². The monoisotopic (exact) mass is 554 g/mol. The third-order valence-electron chi connectivity index (χ3n) is 7.22. The highest BCUT2D eigenvalue weighted by Crippen LogP contribution is 2.44. The number of nitrogens with zero attached hydrogens (tertiary/aromatic N) is 2. The number of carbonyl (C=O) groups excluding carboxylic acids is 1. The Bertz CT molecular complexity index is 1490. The fourth-order valence-electron chi connectivity index (χ4n) is 5.28. The molecule has 1 N–H and O–H groups in total. The van der Waals surface area contributed by atoms with E-state index in [-0.39, 0.29) is 30.3 Å². The standard InChI is InChI=1S/C28H27FN2O7S/c1-18-19(15-27(32)33)14-20(16-26(18)38-39(29,35)36)30-10-12-31(13-11-30)28(34)37-17-25-23-8-4-2-6-21(23)22-7-3-5-9-24(22)25/h2-9,14,16,25H,10-13,15,17H2,1H3,(H,32,33). The SMILES string of the molecule is Cc1c(CC(=O)O)cc(N2CCN(C(=O)OCC3c4ccccc4-c4ccccc43)CC2)cc1OS(=O)(=O)F. The predicted octanol–water partition coefficient (Wildman–Crippen LogP) is 4.29. The molecule has 1 heterocycles. The van der Waals surface area contributed by atoms with Gasteiger partial charge in [-0.3, -0.25) is 4.79 Å². The van der Waals surface area contributed by atoms with Crippen molar-refractivity contribution in [3.05, 3.63) is 82.9 Å². The van der Waals surface area contributed by atoms with Gasteiger partial charge in [0, 0.05) is 43.9 Å². The predicted molar refractivity (Wildman–Crippen MR) is 142 cm³/mol. The van der Waals surface area contributed by atoms with Crippen LogP contribution in [0.4, 0.5) is 14.4 Å². The average Bonchev–Trinajstić information content (AvgIpc) is 3.22. The highest BCUT2D eigenvalue weighted by atomic mass is 32.3. The number of piperazine rings is 1. The summed E-state index contributed by atoms with van der Waals surface area (Å²) in [5, 5.41) is 9.24. The van der Waals surface area contributed by atoms with Gasteiger partial charge in [0.2, 0.25) is 0 Å². The number of aliphatic carboxylic acids is 1. The minimum Gasteiger partial charge on any atom is -0.481 e. The summed E-state index contributed by atoms with van der Waals surface area (Å²) < 4.78 is 45.7. The van der Waals surface area contributed by atoms with Gasteiger partial charge in [0.05, 0.1) is 6.42 Å². The van der Waals surface area contributed by atoms with Crippen LogP contribution in [0, 0.1) is 6.92 Å². The molecular weight excluding hydrogens is 527 g/mol. The first-order valence-electron chi connectivity index (χ1n) is 12.4. The first-order valence-corrected chi connectivity index (χ1v) is 13.8. The Labute approximate surface area is 225 Å². The lowest BCUT2D eigenvalue weighted by Crippen LogP contribution is -2.49. The molecular formula is C28H27FN2O7S. The summed E-state index contributed by atoms with van der Waals surface area (Å²) in [6.07, 6.45) is -0.818. The molecule has 0 unspecified atom stereocenters. The van der Waals surface area contributed by atoms with Crippen molar-refractivity contribution in [2.24, 2.45) is 0 Å². The topological polar surface area (TPSA) is 113 Å². The van der Waals surface area contributed by atoms with Crippen molar-refractivity contribution in [3.63, 3.8) is 0 Å². The molecule has 3 aromatic rings. The lowest BCUT2D eigenvalue weighted by molar-refractivity contribution is -0.136. The number of benzene rings is 3. The highest BCUT2D eigenvalue weighted by Gasteiger charge is 2.30. The lowest BCUT2D eigenvalue weighted by atomic mass is 9.98. The molecule has 1 aliphatic carbocycles. The van der Waals surface area contributed by atoms with Crippen LogP contribution in [0.5, 0.6) is 5.75 Å². The zero-order chi connectivity index (χ0) is 27.7. The van der Waals surface area contributed by atoms with Gasteiger partial charge < -0.3 is 23.8 Å². The largest absolute Gasteiger partial charge is 0.488 e. The number of rotatable bonds is 7. The molecule has 0 spiro atoms. The highest BCUT2D eigenvalue weighted by molar-refractivity contribution is 7.81. The Balaban J connectivity index is 1.25. The number of ether oxygens (including phenoxy) is 1. The lowest BCUT2D eigenvalue weighted by Gasteiger charge is -2.36. The zero-order valence-electron chi connectivity index (χ0n) is 21.2.